The summed E-state index contributed by atoms with van der Waals surface area (Å²) in [5, 5.41) is 8.86. The number of rotatable bonds is 6. The molecule has 3 N–H and O–H groups in total. The average Bonchev–Trinajstić information content (AvgIpc) is 1.99. The second-order valence-corrected chi connectivity index (χ2v) is 3.85. The largest absolute Gasteiger partial charge is 0.480 e. The van der Waals surface area contributed by atoms with Crippen molar-refractivity contribution in [3.63, 3.8) is 0 Å². The predicted octanol–water partition coefficient (Wildman–Crippen LogP) is 1.56. The molecule has 0 aliphatic heterocycles. The van der Waals surface area contributed by atoms with Crippen molar-refractivity contribution in [3.05, 3.63) is 0 Å². The van der Waals surface area contributed by atoms with E-state index in [2.05, 4.69) is 0 Å². The Labute approximate surface area is 78.1 Å². The summed E-state index contributed by atoms with van der Waals surface area (Å²) in [6.45, 7) is 3.30. The summed E-state index contributed by atoms with van der Waals surface area (Å²) in [4.78, 5) is 10.8. The highest BCUT2D eigenvalue weighted by molar-refractivity contribution is 5.78. The topological polar surface area (TPSA) is 63.3 Å². The highest BCUT2D eigenvalue weighted by Crippen LogP contribution is 2.20. The van der Waals surface area contributed by atoms with Crippen molar-refractivity contribution in [2.75, 3.05) is 6.67 Å². The minimum Gasteiger partial charge on any atom is -0.480 e. The molecule has 13 heavy (non-hydrogen) atoms. The molecule has 0 unspecified atom stereocenters. The van der Waals surface area contributed by atoms with E-state index in [1.807, 2.05) is 13.8 Å². The van der Waals surface area contributed by atoms with Gasteiger partial charge in [-0.2, -0.15) is 0 Å². The van der Waals surface area contributed by atoms with Crippen molar-refractivity contribution >= 4 is 5.97 Å². The molecule has 0 aromatic carbocycles. The minimum absolute atomic E-state index is 0.205. The first kappa shape index (κ1) is 12.4. The van der Waals surface area contributed by atoms with Crippen molar-refractivity contribution in [3.8, 4) is 0 Å². The lowest BCUT2D eigenvalue weighted by molar-refractivity contribution is -0.144. The molecule has 0 rings (SSSR count). The molecular formula is C9H18FNO2. The van der Waals surface area contributed by atoms with Gasteiger partial charge < -0.3 is 10.8 Å². The van der Waals surface area contributed by atoms with Gasteiger partial charge in [-0.15, -0.1) is 0 Å². The van der Waals surface area contributed by atoms with Crippen molar-refractivity contribution in [1.82, 2.24) is 0 Å². The highest BCUT2D eigenvalue weighted by atomic mass is 19.1. The quantitative estimate of drug-likeness (QED) is 0.669. The fraction of sp³-hybridized carbons (Fsp3) is 0.889. The third kappa shape index (κ3) is 4.22. The van der Waals surface area contributed by atoms with E-state index < -0.39 is 18.2 Å². The molecule has 0 radical (unpaired) electrons. The van der Waals surface area contributed by atoms with Crippen LogP contribution in [0.25, 0.3) is 0 Å². The number of hydrogen-bond donors (Lipinski definition) is 2. The van der Waals surface area contributed by atoms with E-state index in [1.54, 1.807) is 0 Å². The zero-order valence-corrected chi connectivity index (χ0v) is 8.22. The van der Waals surface area contributed by atoms with E-state index in [0.29, 0.717) is 6.42 Å². The van der Waals surface area contributed by atoms with Gasteiger partial charge in [-0.3, -0.25) is 9.18 Å². The lowest BCUT2D eigenvalue weighted by Crippen LogP contribution is -2.49. The van der Waals surface area contributed by atoms with Crippen LogP contribution in [-0.2, 0) is 4.79 Å². The van der Waals surface area contributed by atoms with Crippen LogP contribution < -0.4 is 5.73 Å². The van der Waals surface area contributed by atoms with Gasteiger partial charge in [0, 0.05) is 0 Å². The van der Waals surface area contributed by atoms with Crippen LogP contribution in [-0.4, -0.2) is 23.3 Å². The van der Waals surface area contributed by atoms with Gasteiger partial charge in [0.2, 0.25) is 0 Å². The summed E-state index contributed by atoms with van der Waals surface area (Å²) in [6, 6.07) is 0. The van der Waals surface area contributed by atoms with Gasteiger partial charge >= 0.3 is 5.97 Å². The first-order valence-electron chi connectivity index (χ1n) is 4.50. The van der Waals surface area contributed by atoms with Crippen LogP contribution in [0.3, 0.4) is 0 Å². The summed E-state index contributed by atoms with van der Waals surface area (Å²) in [5.41, 5.74) is 4.41. The zero-order valence-electron chi connectivity index (χ0n) is 8.22. The molecule has 3 nitrogen and oxygen atoms in total. The lowest BCUT2D eigenvalue weighted by Gasteiger charge is -2.26. The fourth-order valence-electron chi connectivity index (χ4n) is 1.41. The van der Waals surface area contributed by atoms with Crippen molar-refractivity contribution in [2.45, 2.75) is 38.6 Å². The summed E-state index contributed by atoms with van der Waals surface area (Å²) in [6.07, 6.45) is 0.814. The van der Waals surface area contributed by atoms with Crippen molar-refractivity contribution in [2.24, 2.45) is 11.7 Å². The molecule has 0 spiro atoms. The smallest absolute Gasteiger partial charge is 0.323 e. The molecule has 4 heteroatoms. The maximum absolute atomic E-state index is 11.9. The number of alkyl halides is 1. The van der Waals surface area contributed by atoms with Crippen LogP contribution in [0.15, 0.2) is 0 Å². The molecule has 0 aliphatic carbocycles. The van der Waals surface area contributed by atoms with E-state index in [-0.39, 0.29) is 18.8 Å². The lowest BCUT2D eigenvalue weighted by atomic mass is 9.86. The summed E-state index contributed by atoms with van der Waals surface area (Å²) >= 11 is 0. The Morgan fingerprint density at radius 2 is 2.15 bits per heavy atom. The number of carboxylic acid groups (broad SMARTS) is 1. The molecule has 0 saturated heterocycles. The molecular weight excluding hydrogens is 173 g/mol. The Morgan fingerprint density at radius 1 is 1.62 bits per heavy atom. The first-order valence-corrected chi connectivity index (χ1v) is 4.50. The Morgan fingerprint density at radius 3 is 2.46 bits per heavy atom. The van der Waals surface area contributed by atoms with Gasteiger partial charge in [0.05, 0.1) is 6.67 Å². The number of carbonyl (C=O) groups is 1. The van der Waals surface area contributed by atoms with Gasteiger partial charge in [-0.25, -0.2) is 0 Å². The third-order valence-electron chi connectivity index (χ3n) is 1.95. The number of carboxylic acids is 1. The molecule has 0 amide bonds. The monoisotopic (exact) mass is 191 g/mol. The molecule has 0 fully saturated rings. The second kappa shape index (κ2) is 5.17. The molecule has 0 aromatic heterocycles. The van der Waals surface area contributed by atoms with Crippen LogP contribution >= 0.6 is 0 Å². The van der Waals surface area contributed by atoms with Gasteiger partial charge in [-0.05, 0) is 25.2 Å². The van der Waals surface area contributed by atoms with E-state index in [9.17, 15) is 9.18 Å². The van der Waals surface area contributed by atoms with Gasteiger partial charge in [0.25, 0.3) is 0 Å². The standard InChI is InChI=1S/C9H18FNO2/c1-7(2)6-9(11,8(12)13)4-3-5-10/h7H,3-6,11H2,1-2H3,(H,12,13)/t9-/m1/s1. The first-order chi connectivity index (χ1) is 5.92. The van der Waals surface area contributed by atoms with Gasteiger partial charge in [-0.1, -0.05) is 13.8 Å². The molecule has 0 aromatic rings. The number of hydrogen-bond acceptors (Lipinski definition) is 2. The molecule has 0 bridgehead atoms. The summed E-state index contributed by atoms with van der Waals surface area (Å²) in [5.74, 6) is -0.824. The van der Waals surface area contributed by atoms with Crippen LogP contribution in [0.5, 0.6) is 0 Å². The summed E-state index contributed by atoms with van der Waals surface area (Å²) in [7, 11) is 0. The fourth-order valence-corrected chi connectivity index (χ4v) is 1.41. The zero-order chi connectivity index (χ0) is 10.5. The second-order valence-electron chi connectivity index (χ2n) is 3.85. The Bertz CT molecular complexity index is 173. The van der Waals surface area contributed by atoms with E-state index in [0.717, 1.165) is 0 Å². The average molecular weight is 191 g/mol. The van der Waals surface area contributed by atoms with E-state index in [1.165, 1.54) is 0 Å². The van der Waals surface area contributed by atoms with Gasteiger partial charge in [0.15, 0.2) is 0 Å². The number of nitrogens with two attached hydrogens (primary N) is 1. The Balaban J connectivity index is 4.25. The molecule has 0 saturated carbocycles. The Kier molecular flexibility index (Phi) is 4.91. The van der Waals surface area contributed by atoms with Crippen molar-refractivity contribution < 1.29 is 14.3 Å². The minimum atomic E-state index is -1.25. The molecule has 0 aliphatic rings. The van der Waals surface area contributed by atoms with Crippen molar-refractivity contribution in [1.29, 1.82) is 0 Å². The molecule has 78 valence electrons. The SMILES string of the molecule is CC(C)C[C@](N)(CCCF)C(=O)O. The number of aliphatic carboxylic acids is 1. The van der Waals surface area contributed by atoms with Gasteiger partial charge in [0.1, 0.15) is 5.54 Å². The third-order valence-corrected chi connectivity index (χ3v) is 1.95. The Hall–Kier alpha value is -0.640. The van der Waals surface area contributed by atoms with E-state index in [4.69, 9.17) is 10.8 Å². The van der Waals surface area contributed by atoms with Crippen LogP contribution in [0.4, 0.5) is 4.39 Å². The predicted molar refractivity (Wildman–Crippen MR) is 49.2 cm³/mol. The highest BCUT2D eigenvalue weighted by Gasteiger charge is 2.33. The van der Waals surface area contributed by atoms with Crippen LogP contribution in [0.2, 0.25) is 0 Å². The molecule has 1 atom stereocenters. The maximum Gasteiger partial charge on any atom is 0.323 e. The van der Waals surface area contributed by atoms with Crippen LogP contribution in [0, 0.1) is 5.92 Å². The summed E-state index contributed by atoms with van der Waals surface area (Å²) < 4.78 is 11.9. The normalized spacial score (nSPS) is 15.8. The van der Waals surface area contributed by atoms with E-state index >= 15 is 0 Å². The molecule has 0 heterocycles. The maximum atomic E-state index is 11.9. The number of halogens is 1. The van der Waals surface area contributed by atoms with Crippen LogP contribution in [0.1, 0.15) is 33.1 Å².